The first-order chi connectivity index (χ1) is 8.69. The molecule has 1 aromatic rings. The quantitative estimate of drug-likeness (QED) is 0.854. The fourth-order valence-corrected chi connectivity index (χ4v) is 3.43. The molecule has 3 heteroatoms. The van der Waals surface area contributed by atoms with Crippen LogP contribution >= 0.6 is 11.8 Å². The minimum Gasteiger partial charge on any atom is -0.379 e. The van der Waals surface area contributed by atoms with Crippen molar-refractivity contribution in [3.05, 3.63) is 34.9 Å². The molecule has 0 aromatic heterocycles. The molecule has 2 nitrogen and oxygen atoms in total. The fraction of sp³-hybridized carbons (Fsp3) is 0.600. The summed E-state index contributed by atoms with van der Waals surface area (Å²) >= 11 is 2.03. The van der Waals surface area contributed by atoms with E-state index in [2.05, 4.69) is 44.3 Å². The second-order valence-electron chi connectivity index (χ2n) is 5.02. The SMILES string of the molecule is CCNC(CSC1COC1)c1cc(C)cc(C)c1. The van der Waals surface area contributed by atoms with E-state index in [4.69, 9.17) is 4.74 Å². The monoisotopic (exact) mass is 265 g/mol. The van der Waals surface area contributed by atoms with Crippen LogP contribution in [0.5, 0.6) is 0 Å². The first-order valence-electron chi connectivity index (χ1n) is 6.70. The van der Waals surface area contributed by atoms with Crippen LogP contribution in [0, 0.1) is 13.8 Å². The zero-order chi connectivity index (χ0) is 13.0. The van der Waals surface area contributed by atoms with Gasteiger partial charge < -0.3 is 10.1 Å². The van der Waals surface area contributed by atoms with E-state index in [1.165, 1.54) is 16.7 Å². The summed E-state index contributed by atoms with van der Waals surface area (Å²) in [7, 11) is 0. The molecular formula is C15H23NOS. The molecule has 1 atom stereocenters. The maximum absolute atomic E-state index is 5.23. The maximum Gasteiger partial charge on any atom is 0.0607 e. The predicted octanol–water partition coefficient (Wildman–Crippen LogP) is 3.09. The molecule has 1 aliphatic heterocycles. The minimum absolute atomic E-state index is 0.458. The summed E-state index contributed by atoms with van der Waals surface area (Å²) in [4.78, 5) is 0. The summed E-state index contributed by atoms with van der Waals surface area (Å²) in [6, 6.07) is 7.30. The molecule has 0 aliphatic carbocycles. The number of hydrogen-bond donors (Lipinski definition) is 1. The Labute approximate surface area is 114 Å². The Morgan fingerprint density at radius 1 is 1.28 bits per heavy atom. The van der Waals surface area contributed by atoms with E-state index in [9.17, 15) is 0 Å². The third-order valence-corrected chi connectivity index (χ3v) is 4.47. The average molecular weight is 265 g/mol. The van der Waals surface area contributed by atoms with E-state index in [1.54, 1.807) is 0 Å². The van der Waals surface area contributed by atoms with Crippen molar-refractivity contribution in [3.63, 3.8) is 0 Å². The van der Waals surface area contributed by atoms with E-state index >= 15 is 0 Å². The normalized spacial score (nSPS) is 17.5. The lowest BCUT2D eigenvalue weighted by Crippen LogP contribution is -2.32. The number of ether oxygens (including phenoxy) is 1. The van der Waals surface area contributed by atoms with Crippen LogP contribution < -0.4 is 5.32 Å². The van der Waals surface area contributed by atoms with Crippen LogP contribution in [0.25, 0.3) is 0 Å². The summed E-state index contributed by atoms with van der Waals surface area (Å²) in [6.07, 6.45) is 0. The summed E-state index contributed by atoms with van der Waals surface area (Å²) in [5.41, 5.74) is 4.12. The number of rotatable bonds is 6. The van der Waals surface area contributed by atoms with Crippen LogP contribution in [0.3, 0.4) is 0 Å². The highest BCUT2D eigenvalue weighted by Gasteiger charge is 2.21. The standard InChI is InChI=1S/C15H23NOS/c1-4-16-15(10-18-14-8-17-9-14)13-6-11(2)5-12(3)7-13/h5-7,14-16H,4,8-10H2,1-3H3. The van der Waals surface area contributed by atoms with Crippen molar-refractivity contribution in [1.29, 1.82) is 0 Å². The topological polar surface area (TPSA) is 21.3 Å². The highest BCUT2D eigenvalue weighted by atomic mass is 32.2. The predicted molar refractivity (Wildman–Crippen MR) is 79.4 cm³/mol. The Balaban J connectivity index is 2.02. The van der Waals surface area contributed by atoms with Gasteiger partial charge in [-0.25, -0.2) is 0 Å². The van der Waals surface area contributed by atoms with Crippen LogP contribution in [-0.4, -0.2) is 30.8 Å². The van der Waals surface area contributed by atoms with Crippen molar-refractivity contribution in [3.8, 4) is 0 Å². The Kier molecular flexibility index (Phi) is 5.10. The van der Waals surface area contributed by atoms with Crippen LogP contribution in [0.2, 0.25) is 0 Å². The second-order valence-corrected chi connectivity index (χ2v) is 6.36. The van der Waals surface area contributed by atoms with Crippen molar-refractivity contribution < 1.29 is 4.74 Å². The molecule has 2 rings (SSSR count). The molecular weight excluding hydrogens is 242 g/mol. The Morgan fingerprint density at radius 2 is 1.94 bits per heavy atom. The number of aryl methyl sites for hydroxylation is 2. The van der Waals surface area contributed by atoms with Crippen molar-refractivity contribution in [2.45, 2.75) is 32.1 Å². The molecule has 1 heterocycles. The molecule has 1 aliphatic rings. The summed E-state index contributed by atoms with van der Waals surface area (Å²) < 4.78 is 5.23. The molecule has 1 saturated heterocycles. The average Bonchev–Trinajstić information content (AvgIpc) is 2.24. The van der Waals surface area contributed by atoms with Crippen LogP contribution in [0.1, 0.15) is 29.7 Å². The van der Waals surface area contributed by atoms with Gasteiger partial charge in [-0.2, -0.15) is 11.8 Å². The van der Waals surface area contributed by atoms with Gasteiger partial charge >= 0.3 is 0 Å². The molecule has 18 heavy (non-hydrogen) atoms. The Bertz CT molecular complexity index is 370. The first kappa shape index (κ1) is 13.9. The third kappa shape index (κ3) is 3.74. The highest BCUT2D eigenvalue weighted by molar-refractivity contribution is 8.00. The van der Waals surface area contributed by atoms with Gasteiger partial charge in [-0.05, 0) is 26.0 Å². The van der Waals surface area contributed by atoms with E-state index in [0.29, 0.717) is 11.3 Å². The molecule has 1 fully saturated rings. The van der Waals surface area contributed by atoms with Gasteiger partial charge in [-0.3, -0.25) is 0 Å². The number of hydrogen-bond acceptors (Lipinski definition) is 3. The van der Waals surface area contributed by atoms with Gasteiger partial charge in [0.05, 0.1) is 18.5 Å². The van der Waals surface area contributed by atoms with Crippen LogP contribution in [0.4, 0.5) is 0 Å². The number of benzene rings is 1. The lowest BCUT2D eigenvalue weighted by molar-refractivity contribution is 0.0455. The molecule has 0 saturated carbocycles. The van der Waals surface area contributed by atoms with E-state index in [-0.39, 0.29) is 0 Å². The fourth-order valence-electron chi connectivity index (χ4n) is 2.27. The van der Waals surface area contributed by atoms with Crippen molar-refractivity contribution in [2.75, 3.05) is 25.5 Å². The smallest absolute Gasteiger partial charge is 0.0607 e. The highest BCUT2D eigenvalue weighted by Crippen LogP contribution is 2.26. The molecule has 0 amide bonds. The van der Waals surface area contributed by atoms with Gasteiger partial charge in [0.1, 0.15) is 0 Å². The Hall–Kier alpha value is -0.510. The molecule has 100 valence electrons. The second kappa shape index (κ2) is 6.60. The van der Waals surface area contributed by atoms with E-state index < -0.39 is 0 Å². The van der Waals surface area contributed by atoms with Gasteiger partial charge in [-0.15, -0.1) is 0 Å². The number of nitrogens with one attached hydrogen (secondary N) is 1. The summed E-state index contributed by atoms with van der Waals surface area (Å²) in [6.45, 7) is 9.39. The molecule has 0 spiro atoms. The number of thioether (sulfide) groups is 1. The van der Waals surface area contributed by atoms with Crippen LogP contribution in [-0.2, 0) is 4.74 Å². The molecule has 1 N–H and O–H groups in total. The van der Waals surface area contributed by atoms with E-state index in [1.807, 2.05) is 11.8 Å². The third-order valence-electron chi connectivity index (χ3n) is 3.20. The van der Waals surface area contributed by atoms with Gasteiger partial charge in [0.25, 0.3) is 0 Å². The molecule has 1 aromatic carbocycles. The zero-order valence-electron chi connectivity index (χ0n) is 11.5. The zero-order valence-corrected chi connectivity index (χ0v) is 12.3. The minimum atomic E-state index is 0.458. The van der Waals surface area contributed by atoms with Gasteiger partial charge in [0.15, 0.2) is 0 Å². The van der Waals surface area contributed by atoms with Gasteiger partial charge in [-0.1, -0.05) is 36.2 Å². The summed E-state index contributed by atoms with van der Waals surface area (Å²) in [5, 5.41) is 4.30. The molecule has 1 unspecified atom stereocenters. The largest absolute Gasteiger partial charge is 0.379 e. The van der Waals surface area contributed by atoms with Gasteiger partial charge in [0, 0.05) is 11.8 Å². The van der Waals surface area contributed by atoms with E-state index in [0.717, 1.165) is 25.5 Å². The van der Waals surface area contributed by atoms with Crippen LogP contribution in [0.15, 0.2) is 18.2 Å². The Morgan fingerprint density at radius 3 is 2.44 bits per heavy atom. The molecule has 0 bridgehead atoms. The molecule has 0 radical (unpaired) electrons. The lowest BCUT2D eigenvalue weighted by Gasteiger charge is -2.28. The van der Waals surface area contributed by atoms with Gasteiger partial charge in [0.2, 0.25) is 0 Å². The maximum atomic E-state index is 5.23. The summed E-state index contributed by atoms with van der Waals surface area (Å²) in [5.74, 6) is 1.13. The van der Waals surface area contributed by atoms with Crippen molar-refractivity contribution in [1.82, 2.24) is 5.32 Å². The van der Waals surface area contributed by atoms with Crippen molar-refractivity contribution >= 4 is 11.8 Å². The first-order valence-corrected chi connectivity index (χ1v) is 7.75. The lowest BCUT2D eigenvalue weighted by atomic mass is 10.0. The van der Waals surface area contributed by atoms with Crippen molar-refractivity contribution in [2.24, 2.45) is 0 Å².